The SMILES string of the molecule is CCOc1nc(NCCc2ccccn2)ccc1N. The first kappa shape index (κ1) is 13.1. The Bertz CT molecular complexity index is 516. The lowest BCUT2D eigenvalue weighted by molar-refractivity contribution is 0.329. The molecule has 19 heavy (non-hydrogen) atoms. The van der Waals surface area contributed by atoms with E-state index in [9.17, 15) is 0 Å². The molecule has 0 fully saturated rings. The van der Waals surface area contributed by atoms with Crippen LogP contribution in [0.15, 0.2) is 36.5 Å². The molecule has 0 radical (unpaired) electrons. The van der Waals surface area contributed by atoms with Gasteiger partial charge in [0.2, 0.25) is 5.88 Å². The number of rotatable bonds is 6. The highest BCUT2D eigenvalue weighted by Gasteiger charge is 2.03. The number of nitrogen functional groups attached to an aromatic ring is 1. The van der Waals surface area contributed by atoms with Gasteiger partial charge < -0.3 is 15.8 Å². The summed E-state index contributed by atoms with van der Waals surface area (Å²) in [4.78, 5) is 8.58. The maximum Gasteiger partial charge on any atom is 0.239 e. The number of hydrogen-bond acceptors (Lipinski definition) is 5. The Kier molecular flexibility index (Phi) is 4.55. The van der Waals surface area contributed by atoms with Gasteiger partial charge in [-0.05, 0) is 31.2 Å². The summed E-state index contributed by atoms with van der Waals surface area (Å²) in [6, 6.07) is 9.53. The molecule has 0 saturated heterocycles. The summed E-state index contributed by atoms with van der Waals surface area (Å²) in [6.07, 6.45) is 2.64. The second-order valence-electron chi connectivity index (χ2n) is 4.02. The summed E-state index contributed by atoms with van der Waals surface area (Å²) >= 11 is 0. The van der Waals surface area contributed by atoms with Crippen molar-refractivity contribution in [3.8, 4) is 5.88 Å². The van der Waals surface area contributed by atoms with Gasteiger partial charge in [0.25, 0.3) is 0 Å². The Morgan fingerprint density at radius 2 is 2.16 bits per heavy atom. The highest BCUT2D eigenvalue weighted by atomic mass is 16.5. The molecule has 3 N–H and O–H groups in total. The van der Waals surface area contributed by atoms with Crippen molar-refractivity contribution < 1.29 is 4.74 Å². The molecule has 0 aliphatic heterocycles. The fraction of sp³-hybridized carbons (Fsp3) is 0.286. The molecule has 2 heterocycles. The van der Waals surface area contributed by atoms with Gasteiger partial charge in [-0.15, -0.1) is 0 Å². The van der Waals surface area contributed by atoms with Crippen LogP contribution in [0.3, 0.4) is 0 Å². The maximum atomic E-state index is 5.77. The van der Waals surface area contributed by atoms with Gasteiger partial charge >= 0.3 is 0 Å². The highest BCUT2D eigenvalue weighted by Crippen LogP contribution is 2.20. The Balaban J connectivity index is 1.91. The largest absolute Gasteiger partial charge is 0.476 e. The first-order valence-electron chi connectivity index (χ1n) is 6.32. The molecule has 2 aromatic rings. The molecule has 100 valence electrons. The molecular formula is C14H18N4O. The smallest absolute Gasteiger partial charge is 0.239 e. The van der Waals surface area contributed by atoms with Crippen LogP contribution in [0.2, 0.25) is 0 Å². The van der Waals surface area contributed by atoms with Gasteiger partial charge in [-0.2, -0.15) is 4.98 Å². The van der Waals surface area contributed by atoms with Crippen LogP contribution in [-0.4, -0.2) is 23.1 Å². The molecule has 0 aliphatic rings. The summed E-state index contributed by atoms with van der Waals surface area (Å²) in [5.74, 6) is 1.24. The lowest BCUT2D eigenvalue weighted by atomic mass is 10.3. The summed E-state index contributed by atoms with van der Waals surface area (Å²) in [6.45, 7) is 3.22. The second kappa shape index (κ2) is 6.58. The second-order valence-corrected chi connectivity index (χ2v) is 4.02. The minimum atomic E-state index is 0.477. The van der Waals surface area contributed by atoms with Crippen LogP contribution in [0.25, 0.3) is 0 Å². The summed E-state index contributed by atoms with van der Waals surface area (Å²) in [5, 5.41) is 3.23. The lowest BCUT2D eigenvalue weighted by Gasteiger charge is -2.09. The predicted octanol–water partition coefficient (Wildman–Crippen LogP) is 2.11. The zero-order valence-electron chi connectivity index (χ0n) is 11.0. The highest BCUT2D eigenvalue weighted by molar-refractivity contribution is 5.53. The third kappa shape index (κ3) is 3.84. The van der Waals surface area contributed by atoms with Crippen molar-refractivity contribution in [2.24, 2.45) is 0 Å². The number of anilines is 2. The summed E-state index contributed by atoms with van der Waals surface area (Å²) in [7, 11) is 0. The molecule has 0 saturated carbocycles. The van der Waals surface area contributed by atoms with Gasteiger partial charge in [-0.25, -0.2) is 0 Å². The van der Waals surface area contributed by atoms with Crippen molar-refractivity contribution in [2.75, 3.05) is 24.2 Å². The van der Waals surface area contributed by atoms with Crippen molar-refractivity contribution in [3.05, 3.63) is 42.2 Å². The fourth-order valence-corrected chi connectivity index (χ4v) is 1.67. The molecule has 0 bridgehead atoms. The topological polar surface area (TPSA) is 73.1 Å². The van der Waals surface area contributed by atoms with E-state index in [1.54, 1.807) is 12.3 Å². The molecule has 0 aliphatic carbocycles. The Hall–Kier alpha value is -2.30. The van der Waals surface area contributed by atoms with Crippen molar-refractivity contribution in [2.45, 2.75) is 13.3 Å². The number of nitrogens with zero attached hydrogens (tertiary/aromatic N) is 2. The zero-order valence-corrected chi connectivity index (χ0v) is 11.0. The first-order chi connectivity index (χ1) is 9.29. The van der Waals surface area contributed by atoms with E-state index in [0.717, 1.165) is 24.5 Å². The third-order valence-electron chi connectivity index (χ3n) is 2.58. The molecule has 0 aromatic carbocycles. The van der Waals surface area contributed by atoms with E-state index in [1.807, 2.05) is 31.2 Å². The normalized spacial score (nSPS) is 10.2. The number of nitrogens with one attached hydrogen (secondary N) is 1. The van der Waals surface area contributed by atoms with E-state index >= 15 is 0 Å². The zero-order chi connectivity index (χ0) is 13.5. The molecular weight excluding hydrogens is 240 g/mol. The van der Waals surface area contributed by atoms with E-state index in [-0.39, 0.29) is 0 Å². The van der Waals surface area contributed by atoms with Gasteiger partial charge in [0.15, 0.2) is 0 Å². The third-order valence-corrected chi connectivity index (χ3v) is 2.58. The van der Waals surface area contributed by atoms with Crippen molar-refractivity contribution >= 4 is 11.5 Å². The van der Waals surface area contributed by atoms with Crippen LogP contribution >= 0.6 is 0 Å². The molecule has 0 amide bonds. The maximum absolute atomic E-state index is 5.77. The van der Waals surface area contributed by atoms with Crippen molar-refractivity contribution in [1.82, 2.24) is 9.97 Å². The molecule has 2 aromatic heterocycles. The monoisotopic (exact) mass is 258 g/mol. The minimum Gasteiger partial charge on any atom is -0.476 e. The first-order valence-corrected chi connectivity index (χ1v) is 6.32. The van der Waals surface area contributed by atoms with Crippen LogP contribution in [0, 0.1) is 0 Å². The van der Waals surface area contributed by atoms with Gasteiger partial charge in [-0.3, -0.25) is 4.98 Å². The van der Waals surface area contributed by atoms with Crippen LogP contribution in [-0.2, 0) is 6.42 Å². The van der Waals surface area contributed by atoms with Crippen molar-refractivity contribution in [1.29, 1.82) is 0 Å². The molecule has 0 atom stereocenters. The van der Waals surface area contributed by atoms with Crippen LogP contribution < -0.4 is 15.8 Å². The van der Waals surface area contributed by atoms with E-state index in [4.69, 9.17) is 10.5 Å². The molecule has 0 spiro atoms. The lowest BCUT2D eigenvalue weighted by Crippen LogP contribution is -2.08. The number of pyridine rings is 2. The van der Waals surface area contributed by atoms with E-state index in [1.165, 1.54) is 0 Å². The van der Waals surface area contributed by atoms with Gasteiger partial charge in [0.05, 0.1) is 12.3 Å². The summed E-state index contributed by atoms with van der Waals surface area (Å²) < 4.78 is 5.35. The molecule has 5 nitrogen and oxygen atoms in total. The molecule has 0 unspecified atom stereocenters. The number of nitrogens with two attached hydrogens (primary N) is 1. The molecule has 2 rings (SSSR count). The van der Waals surface area contributed by atoms with Crippen LogP contribution in [0.5, 0.6) is 5.88 Å². The Labute approximate surface area is 112 Å². The average molecular weight is 258 g/mol. The van der Waals surface area contributed by atoms with E-state index in [0.29, 0.717) is 18.2 Å². The van der Waals surface area contributed by atoms with E-state index < -0.39 is 0 Å². The Morgan fingerprint density at radius 3 is 2.89 bits per heavy atom. The average Bonchev–Trinajstić information content (AvgIpc) is 2.44. The summed E-state index contributed by atoms with van der Waals surface area (Å²) in [5.41, 5.74) is 7.37. The number of aromatic nitrogens is 2. The van der Waals surface area contributed by atoms with Gasteiger partial charge in [0.1, 0.15) is 5.82 Å². The number of hydrogen-bond donors (Lipinski definition) is 2. The van der Waals surface area contributed by atoms with Crippen molar-refractivity contribution in [3.63, 3.8) is 0 Å². The Morgan fingerprint density at radius 1 is 1.26 bits per heavy atom. The van der Waals surface area contributed by atoms with E-state index in [2.05, 4.69) is 15.3 Å². The van der Waals surface area contributed by atoms with Gasteiger partial charge in [0, 0.05) is 24.9 Å². The van der Waals surface area contributed by atoms with Gasteiger partial charge in [-0.1, -0.05) is 6.07 Å². The quantitative estimate of drug-likeness (QED) is 0.830. The number of ether oxygens (including phenoxy) is 1. The predicted molar refractivity (Wildman–Crippen MR) is 76.2 cm³/mol. The minimum absolute atomic E-state index is 0.477. The fourth-order valence-electron chi connectivity index (χ4n) is 1.67. The molecule has 5 heteroatoms. The standard InChI is InChI=1S/C14H18N4O/c1-2-19-14-12(15)6-7-13(18-14)17-10-8-11-5-3-4-9-16-11/h3-7,9H,2,8,10,15H2,1H3,(H,17,18). The van der Waals surface area contributed by atoms with Crippen LogP contribution in [0.1, 0.15) is 12.6 Å². The van der Waals surface area contributed by atoms with Crippen LogP contribution in [0.4, 0.5) is 11.5 Å².